The van der Waals surface area contributed by atoms with E-state index in [0.717, 1.165) is 6.42 Å². The molecule has 0 aliphatic heterocycles. The highest BCUT2D eigenvalue weighted by atomic mass is 32.1. The minimum absolute atomic E-state index is 0.0542. The molecule has 0 radical (unpaired) electrons. The summed E-state index contributed by atoms with van der Waals surface area (Å²) in [6.45, 7) is 2.22. The maximum Gasteiger partial charge on any atom is 0.307 e. The number of aromatic nitrogens is 1. The smallest absolute Gasteiger partial charge is 0.306 e. The number of hydrogen-bond donors (Lipinski definition) is 0. The zero-order valence-electron chi connectivity index (χ0n) is 6.95. The van der Waals surface area contributed by atoms with Gasteiger partial charge in [0.2, 0.25) is 0 Å². The second kappa shape index (κ2) is 4.21. The first kappa shape index (κ1) is 9.19. The Morgan fingerprint density at radius 1 is 1.67 bits per heavy atom. The van der Waals surface area contributed by atoms with Gasteiger partial charge in [0.1, 0.15) is 5.78 Å². The molecule has 0 aliphatic carbocycles. The Morgan fingerprint density at radius 2 is 2.42 bits per heavy atom. The Balaban J connectivity index is 2.39. The summed E-state index contributed by atoms with van der Waals surface area (Å²) in [5.74, 6) is 0.179. The number of rotatable bonds is 4. The molecule has 1 rings (SSSR count). The maximum atomic E-state index is 11.0. The molecule has 0 saturated carbocycles. The summed E-state index contributed by atoms with van der Waals surface area (Å²) in [5, 5.41) is 1.76. The Kier molecular flexibility index (Phi) is 3.22. The molecule has 4 heteroatoms. The van der Waals surface area contributed by atoms with Crippen molar-refractivity contribution >= 4 is 17.1 Å². The first-order valence-corrected chi connectivity index (χ1v) is 4.71. The Labute approximate surface area is 74.6 Å². The summed E-state index contributed by atoms with van der Waals surface area (Å²) in [5.41, 5.74) is 0. The van der Waals surface area contributed by atoms with Crippen LogP contribution in [-0.2, 0) is 11.3 Å². The molecular formula is C8H11NO2S. The normalized spacial score (nSPS) is 10.1. The number of hydrogen-bond acceptors (Lipinski definition) is 3. The first-order valence-electron chi connectivity index (χ1n) is 3.83. The van der Waals surface area contributed by atoms with Crippen LogP contribution in [0.1, 0.15) is 19.8 Å². The largest absolute Gasteiger partial charge is 0.307 e. The molecule has 0 fully saturated rings. The second-order valence-electron chi connectivity index (χ2n) is 2.67. The highest BCUT2D eigenvalue weighted by Gasteiger charge is 1.97. The quantitative estimate of drug-likeness (QED) is 0.708. The lowest BCUT2D eigenvalue weighted by Crippen LogP contribution is -2.12. The second-order valence-corrected chi connectivity index (χ2v) is 3.52. The number of carbonyl (C=O) groups excluding carboxylic acids is 1. The third-order valence-corrected chi connectivity index (χ3v) is 2.27. The van der Waals surface area contributed by atoms with E-state index in [0.29, 0.717) is 13.0 Å². The van der Waals surface area contributed by atoms with E-state index >= 15 is 0 Å². The summed E-state index contributed by atoms with van der Waals surface area (Å²) in [6.07, 6.45) is 3.07. The van der Waals surface area contributed by atoms with Gasteiger partial charge >= 0.3 is 4.87 Å². The Morgan fingerprint density at radius 3 is 2.92 bits per heavy atom. The Bertz CT molecular complexity index is 313. The standard InChI is InChI=1S/C8H11NO2S/c1-7(10)3-2-4-9-5-6-12-8(9)11/h5-6H,2-4H2,1H3. The lowest BCUT2D eigenvalue weighted by molar-refractivity contribution is -0.117. The minimum Gasteiger partial charge on any atom is -0.306 e. The van der Waals surface area contributed by atoms with Crippen LogP contribution >= 0.6 is 11.3 Å². The molecule has 1 aromatic heterocycles. The van der Waals surface area contributed by atoms with Gasteiger partial charge in [0.15, 0.2) is 0 Å². The van der Waals surface area contributed by atoms with Gasteiger partial charge in [-0.05, 0) is 13.3 Å². The van der Waals surface area contributed by atoms with E-state index in [4.69, 9.17) is 0 Å². The molecule has 66 valence electrons. The third-order valence-electron chi connectivity index (χ3n) is 1.57. The fourth-order valence-electron chi connectivity index (χ4n) is 0.955. The highest BCUT2D eigenvalue weighted by molar-refractivity contribution is 7.07. The molecule has 0 aliphatic rings. The molecule has 0 saturated heterocycles. The number of nitrogens with zero attached hydrogens (tertiary/aromatic N) is 1. The van der Waals surface area contributed by atoms with Crippen molar-refractivity contribution in [1.82, 2.24) is 4.57 Å². The molecule has 0 N–H and O–H groups in total. The molecule has 3 nitrogen and oxygen atoms in total. The summed E-state index contributed by atoms with van der Waals surface area (Å²) in [6, 6.07) is 0. The molecule has 0 spiro atoms. The molecule has 1 heterocycles. The number of carbonyl (C=O) groups is 1. The van der Waals surface area contributed by atoms with E-state index in [1.165, 1.54) is 11.3 Å². The van der Waals surface area contributed by atoms with Gasteiger partial charge in [-0.15, -0.1) is 0 Å². The molecule has 0 amide bonds. The van der Waals surface area contributed by atoms with Crippen LogP contribution in [0.2, 0.25) is 0 Å². The van der Waals surface area contributed by atoms with Crippen molar-refractivity contribution < 1.29 is 4.79 Å². The molecule has 1 aromatic rings. The van der Waals surface area contributed by atoms with Crippen molar-refractivity contribution in [2.24, 2.45) is 0 Å². The van der Waals surface area contributed by atoms with E-state index in [2.05, 4.69) is 0 Å². The zero-order chi connectivity index (χ0) is 8.97. The average Bonchev–Trinajstić information content (AvgIpc) is 2.36. The van der Waals surface area contributed by atoms with Gasteiger partial charge in [-0.3, -0.25) is 4.79 Å². The van der Waals surface area contributed by atoms with E-state index in [-0.39, 0.29) is 10.7 Å². The van der Waals surface area contributed by atoms with E-state index in [9.17, 15) is 9.59 Å². The van der Waals surface area contributed by atoms with Crippen LogP contribution in [0.5, 0.6) is 0 Å². The van der Waals surface area contributed by atoms with Crippen molar-refractivity contribution in [3.05, 3.63) is 21.2 Å². The Hall–Kier alpha value is -0.900. The summed E-state index contributed by atoms with van der Waals surface area (Å²) < 4.78 is 1.63. The molecular weight excluding hydrogens is 174 g/mol. The van der Waals surface area contributed by atoms with Crippen LogP contribution < -0.4 is 4.87 Å². The lowest BCUT2D eigenvalue weighted by atomic mass is 10.2. The van der Waals surface area contributed by atoms with Crippen LogP contribution in [0.25, 0.3) is 0 Å². The van der Waals surface area contributed by atoms with Crippen LogP contribution in [0.15, 0.2) is 16.4 Å². The molecule has 0 unspecified atom stereocenters. The van der Waals surface area contributed by atoms with Gasteiger partial charge in [-0.2, -0.15) is 0 Å². The van der Waals surface area contributed by atoms with Gasteiger partial charge in [-0.1, -0.05) is 11.3 Å². The SMILES string of the molecule is CC(=O)CCCn1ccsc1=O. The fraction of sp³-hybridized carbons (Fsp3) is 0.500. The van der Waals surface area contributed by atoms with Crippen molar-refractivity contribution in [3.8, 4) is 0 Å². The number of ketones is 1. The van der Waals surface area contributed by atoms with E-state index in [1.807, 2.05) is 0 Å². The van der Waals surface area contributed by atoms with Gasteiger partial charge in [-0.25, -0.2) is 0 Å². The van der Waals surface area contributed by atoms with Gasteiger partial charge in [0.05, 0.1) is 0 Å². The van der Waals surface area contributed by atoms with Gasteiger partial charge in [0, 0.05) is 24.5 Å². The number of aryl methyl sites for hydroxylation is 1. The van der Waals surface area contributed by atoms with Crippen LogP contribution in [0, 0.1) is 0 Å². The summed E-state index contributed by atoms with van der Waals surface area (Å²) in [7, 11) is 0. The van der Waals surface area contributed by atoms with Gasteiger partial charge < -0.3 is 9.36 Å². The first-order chi connectivity index (χ1) is 5.70. The average molecular weight is 185 g/mol. The molecule has 0 bridgehead atoms. The van der Waals surface area contributed by atoms with Crippen molar-refractivity contribution in [3.63, 3.8) is 0 Å². The predicted molar refractivity (Wildman–Crippen MR) is 48.5 cm³/mol. The van der Waals surface area contributed by atoms with Crippen molar-refractivity contribution in [2.45, 2.75) is 26.3 Å². The number of Topliss-reactive ketones (excluding diaryl/α,β-unsaturated/α-hetero) is 1. The molecule has 0 atom stereocenters. The fourth-order valence-corrected chi connectivity index (χ4v) is 1.57. The monoisotopic (exact) mass is 185 g/mol. The van der Waals surface area contributed by atoms with Crippen molar-refractivity contribution in [2.75, 3.05) is 0 Å². The molecule has 12 heavy (non-hydrogen) atoms. The lowest BCUT2D eigenvalue weighted by Gasteiger charge is -1.97. The minimum atomic E-state index is 0.0542. The topological polar surface area (TPSA) is 39.1 Å². The van der Waals surface area contributed by atoms with Crippen LogP contribution in [-0.4, -0.2) is 10.4 Å². The van der Waals surface area contributed by atoms with Gasteiger partial charge in [0.25, 0.3) is 0 Å². The third kappa shape index (κ3) is 2.62. The highest BCUT2D eigenvalue weighted by Crippen LogP contribution is 1.95. The summed E-state index contributed by atoms with van der Waals surface area (Å²) >= 11 is 1.19. The molecule has 0 aromatic carbocycles. The van der Waals surface area contributed by atoms with E-state index in [1.54, 1.807) is 23.1 Å². The summed E-state index contributed by atoms with van der Waals surface area (Å²) in [4.78, 5) is 21.6. The van der Waals surface area contributed by atoms with Crippen LogP contribution in [0.3, 0.4) is 0 Å². The van der Waals surface area contributed by atoms with E-state index < -0.39 is 0 Å². The number of thiazole rings is 1. The zero-order valence-corrected chi connectivity index (χ0v) is 7.76. The van der Waals surface area contributed by atoms with Crippen molar-refractivity contribution in [1.29, 1.82) is 0 Å². The maximum absolute atomic E-state index is 11.0. The predicted octanol–water partition coefficient (Wildman–Crippen LogP) is 1.28. The van der Waals surface area contributed by atoms with Crippen LogP contribution in [0.4, 0.5) is 0 Å².